The minimum absolute atomic E-state index is 0.0747. The third-order valence-electron chi connectivity index (χ3n) is 5.02. The van der Waals surface area contributed by atoms with Crippen molar-refractivity contribution in [2.24, 2.45) is 0 Å². The molecular formula is C22H25N2O5+. The van der Waals surface area contributed by atoms with Crippen LogP contribution in [0.3, 0.4) is 0 Å². The number of benzene rings is 2. The van der Waals surface area contributed by atoms with Crippen LogP contribution < -0.4 is 10.2 Å². The van der Waals surface area contributed by atoms with Gasteiger partial charge in [-0.1, -0.05) is 36.4 Å². The summed E-state index contributed by atoms with van der Waals surface area (Å²) in [4.78, 5) is 38.0. The van der Waals surface area contributed by atoms with E-state index >= 15 is 0 Å². The van der Waals surface area contributed by atoms with Crippen LogP contribution in [0.4, 0.5) is 5.69 Å². The summed E-state index contributed by atoms with van der Waals surface area (Å²) < 4.78 is 10.0. The molecule has 0 bridgehead atoms. The minimum atomic E-state index is -0.491. The smallest absolute Gasteiger partial charge is 0.365 e. The summed E-state index contributed by atoms with van der Waals surface area (Å²) in [5, 5.41) is 2.79. The van der Waals surface area contributed by atoms with Crippen LogP contribution in [-0.2, 0) is 32.0 Å². The topological polar surface area (TPSA) is 86.1 Å². The van der Waals surface area contributed by atoms with E-state index in [1.165, 1.54) is 7.11 Å². The van der Waals surface area contributed by atoms with Gasteiger partial charge in [-0.15, -0.1) is 0 Å². The molecule has 0 aliphatic carbocycles. The summed E-state index contributed by atoms with van der Waals surface area (Å²) >= 11 is 0. The Morgan fingerprint density at radius 3 is 2.48 bits per heavy atom. The van der Waals surface area contributed by atoms with E-state index in [-0.39, 0.29) is 25.0 Å². The predicted molar refractivity (Wildman–Crippen MR) is 107 cm³/mol. The van der Waals surface area contributed by atoms with Gasteiger partial charge in [0.05, 0.1) is 25.0 Å². The fourth-order valence-electron chi connectivity index (χ4n) is 3.62. The molecule has 3 rings (SSSR count). The Labute approximate surface area is 169 Å². The molecule has 2 N–H and O–H groups in total. The Morgan fingerprint density at radius 2 is 1.76 bits per heavy atom. The molecule has 7 heteroatoms. The molecule has 0 saturated heterocycles. The van der Waals surface area contributed by atoms with Crippen molar-refractivity contribution in [3.05, 3.63) is 65.2 Å². The van der Waals surface area contributed by atoms with Crippen LogP contribution in [0, 0.1) is 0 Å². The van der Waals surface area contributed by atoms with Crippen molar-refractivity contribution >= 4 is 23.5 Å². The summed E-state index contributed by atoms with van der Waals surface area (Å²) in [5.41, 5.74) is 2.90. The molecule has 29 heavy (non-hydrogen) atoms. The summed E-state index contributed by atoms with van der Waals surface area (Å²) in [6.07, 6.45) is 0.519. The fraction of sp³-hybridized carbons (Fsp3) is 0.318. The van der Waals surface area contributed by atoms with Crippen molar-refractivity contribution in [3.63, 3.8) is 0 Å². The van der Waals surface area contributed by atoms with Crippen LogP contribution >= 0.6 is 0 Å². The van der Waals surface area contributed by atoms with Gasteiger partial charge in [-0.3, -0.25) is 4.79 Å². The Morgan fingerprint density at radius 1 is 1.07 bits per heavy atom. The van der Waals surface area contributed by atoms with Gasteiger partial charge in [0.1, 0.15) is 6.54 Å². The van der Waals surface area contributed by atoms with Crippen molar-refractivity contribution < 1.29 is 28.8 Å². The zero-order chi connectivity index (χ0) is 20.8. The van der Waals surface area contributed by atoms with Crippen LogP contribution in [0.2, 0.25) is 0 Å². The zero-order valence-electron chi connectivity index (χ0n) is 16.6. The maximum absolute atomic E-state index is 12.7. The number of anilines is 1. The lowest BCUT2D eigenvalue weighted by Crippen LogP contribution is -3.17. The molecule has 1 amide bonds. The van der Waals surface area contributed by atoms with Crippen molar-refractivity contribution in [1.29, 1.82) is 0 Å². The largest absolute Gasteiger partial charge is 0.465 e. The molecule has 7 nitrogen and oxygen atoms in total. The Hall–Kier alpha value is -3.19. The van der Waals surface area contributed by atoms with E-state index in [9.17, 15) is 14.4 Å². The highest BCUT2D eigenvalue weighted by Gasteiger charge is 2.37. The van der Waals surface area contributed by atoms with Crippen molar-refractivity contribution in [2.75, 3.05) is 25.6 Å². The van der Waals surface area contributed by atoms with Crippen LogP contribution in [0.15, 0.2) is 48.5 Å². The number of rotatable bonds is 6. The Balaban J connectivity index is 1.76. The molecule has 2 aromatic rings. The molecule has 1 aliphatic heterocycles. The zero-order valence-corrected chi connectivity index (χ0v) is 16.6. The first kappa shape index (κ1) is 20.5. The van der Waals surface area contributed by atoms with Gasteiger partial charge in [0.2, 0.25) is 0 Å². The molecule has 0 radical (unpaired) electrons. The molecule has 0 saturated carbocycles. The lowest BCUT2D eigenvalue weighted by Gasteiger charge is -2.31. The molecule has 0 aromatic heterocycles. The first-order valence-corrected chi connectivity index (χ1v) is 9.58. The second-order valence-corrected chi connectivity index (χ2v) is 6.87. The summed E-state index contributed by atoms with van der Waals surface area (Å²) in [7, 11) is 1.36. The first-order chi connectivity index (χ1) is 14.0. The standard InChI is InChI=1S/C22H24N2O5/c1-3-29-21(26)17-10-6-7-11-18(17)23-20(25)14-24-13-16-9-5-4-8-15(16)12-19(24)22(27)28-2/h4-11,19H,3,12-14H2,1-2H3,(H,23,25)/p+1/t19-/m0/s1. The number of carbonyl (C=O) groups is 3. The van der Waals surface area contributed by atoms with Crippen molar-refractivity contribution in [3.8, 4) is 0 Å². The number of amides is 1. The van der Waals surface area contributed by atoms with Crippen LogP contribution in [0.5, 0.6) is 0 Å². The van der Waals surface area contributed by atoms with Crippen LogP contribution in [0.1, 0.15) is 28.4 Å². The average molecular weight is 397 g/mol. The maximum Gasteiger partial charge on any atom is 0.365 e. The third-order valence-corrected chi connectivity index (χ3v) is 5.02. The summed E-state index contributed by atoms with van der Waals surface area (Å²) in [6, 6.07) is 14.1. The van der Waals surface area contributed by atoms with E-state index in [0.29, 0.717) is 24.2 Å². The first-order valence-electron chi connectivity index (χ1n) is 9.58. The lowest BCUT2D eigenvalue weighted by molar-refractivity contribution is -0.924. The highest BCUT2D eigenvalue weighted by molar-refractivity contribution is 6.01. The summed E-state index contributed by atoms with van der Waals surface area (Å²) in [6.45, 7) is 2.59. The van der Waals surface area contributed by atoms with Gasteiger partial charge >= 0.3 is 11.9 Å². The fourth-order valence-corrected chi connectivity index (χ4v) is 3.62. The molecule has 2 atom stereocenters. The monoisotopic (exact) mass is 397 g/mol. The second-order valence-electron chi connectivity index (χ2n) is 6.87. The second kappa shape index (κ2) is 9.34. The molecule has 1 heterocycles. The van der Waals surface area contributed by atoms with Gasteiger partial charge < -0.3 is 19.7 Å². The highest BCUT2D eigenvalue weighted by atomic mass is 16.5. The van der Waals surface area contributed by atoms with Gasteiger partial charge in [0, 0.05) is 12.0 Å². The highest BCUT2D eigenvalue weighted by Crippen LogP contribution is 2.17. The van der Waals surface area contributed by atoms with Gasteiger partial charge in [0.25, 0.3) is 5.91 Å². The van der Waals surface area contributed by atoms with Gasteiger partial charge in [0.15, 0.2) is 12.6 Å². The number of ether oxygens (including phenoxy) is 2. The molecule has 152 valence electrons. The van der Waals surface area contributed by atoms with E-state index in [1.807, 2.05) is 24.3 Å². The molecule has 1 aliphatic rings. The number of carbonyl (C=O) groups excluding carboxylic acids is 3. The van der Waals surface area contributed by atoms with E-state index in [0.717, 1.165) is 16.0 Å². The number of hydrogen-bond donors (Lipinski definition) is 2. The van der Waals surface area contributed by atoms with E-state index in [1.54, 1.807) is 31.2 Å². The summed E-state index contributed by atoms with van der Waals surface area (Å²) in [5.74, 6) is -1.12. The molecule has 0 fully saturated rings. The quantitative estimate of drug-likeness (QED) is 0.710. The van der Waals surface area contributed by atoms with E-state index < -0.39 is 12.0 Å². The van der Waals surface area contributed by atoms with Crippen molar-refractivity contribution in [2.45, 2.75) is 25.9 Å². The number of quaternary nitrogens is 1. The predicted octanol–water partition coefficient (Wildman–Crippen LogP) is 0.985. The van der Waals surface area contributed by atoms with E-state index in [4.69, 9.17) is 9.47 Å². The van der Waals surface area contributed by atoms with Gasteiger partial charge in [-0.25, -0.2) is 9.59 Å². The Bertz CT molecular complexity index is 912. The number of fused-ring (bicyclic) bond motifs is 1. The Kier molecular flexibility index (Phi) is 6.61. The molecule has 2 aromatic carbocycles. The lowest BCUT2D eigenvalue weighted by atomic mass is 9.94. The number of hydrogen-bond acceptors (Lipinski definition) is 5. The third kappa shape index (κ3) is 4.81. The normalized spacial score (nSPS) is 17.7. The number of nitrogens with one attached hydrogen (secondary N) is 2. The average Bonchev–Trinajstić information content (AvgIpc) is 2.73. The van der Waals surface area contributed by atoms with Gasteiger partial charge in [-0.2, -0.15) is 0 Å². The van der Waals surface area contributed by atoms with Crippen molar-refractivity contribution in [1.82, 2.24) is 0 Å². The number of esters is 2. The molecule has 0 spiro atoms. The minimum Gasteiger partial charge on any atom is -0.465 e. The van der Waals surface area contributed by atoms with Crippen LogP contribution in [-0.4, -0.2) is 44.1 Å². The number of para-hydroxylation sites is 1. The van der Waals surface area contributed by atoms with E-state index in [2.05, 4.69) is 5.32 Å². The molecular weight excluding hydrogens is 372 g/mol. The maximum atomic E-state index is 12.7. The SMILES string of the molecule is CCOC(=O)c1ccccc1NC(=O)C[NH+]1Cc2ccccc2C[C@H]1C(=O)OC. The van der Waals surface area contributed by atoms with Crippen LogP contribution in [0.25, 0.3) is 0 Å². The van der Waals surface area contributed by atoms with Gasteiger partial charge in [-0.05, 0) is 24.6 Å². The molecule has 1 unspecified atom stereocenters. The number of methoxy groups -OCH3 is 1.